The van der Waals surface area contributed by atoms with Crippen LogP contribution in [-0.4, -0.2) is 34.3 Å². The summed E-state index contributed by atoms with van der Waals surface area (Å²) in [6.07, 6.45) is 0. The van der Waals surface area contributed by atoms with E-state index < -0.39 is 0 Å². The molecule has 0 saturated carbocycles. The Labute approximate surface area is 121 Å². The third kappa shape index (κ3) is 3.55. The van der Waals surface area contributed by atoms with Crippen molar-refractivity contribution in [2.75, 3.05) is 18.5 Å². The standard InChI is InChI=1S/C13H15ClN4O2/c1-3-20-7-12(19)16-9-4-5-10(11(14)6-9)13-15-8(2)17-18-13/h4-6H,3,7H2,1-2H3,(H,16,19)(H,15,17,18). The van der Waals surface area contributed by atoms with Crippen molar-refractivity contribution in [3.8, 4) is 11.4 Å². The molecule has 2 rings (SSSR count). The van der Waals surface area contributed by atoms with Crippen molar-refractivity contribution in [1.29, 1.82) is 0 Å². The van der Waals surface area contributed by atoms with Crippen molar-refractivity contribution in [2.24, 2.45) is 0 Å². The van der Waals surface area contributed by atoms with Gasteiger partial charge >= 0.3 is 0 Å². The maximum Gasteiger partial charge on any atom is 0.250 e. The Bertz CT molecular complexity index is 612. The first-order valence-corrected chi connectivity index (χ1v) is 6.54. The van der Waals surface area contributed by atoms with E-state index in [4.69, 9.17) is 16.3 Å². The van der Waals surface area contributed by atoms with E-state index in [0.29, 0.717) is 34.5 Å². The van der Waals surface area contributed by atoms with Crippen LogP contribution in [0.1, 0.15) is 12.7 Å². The molecule has 1 heterocycles. The number of H-pyrrole nitrogens is 1. The van der Waals surface area contributed by atoms with Gasteiger partial charge in [0.2, 0.25) is 5.91 Å². The molecule has 2 N–H and O–H groups in total. The summed E-state index contributed by atoms with van der Waals surface area (Å²) in [5, 5.41) is 9.98. The molecular weight excluding hydrogens is 280 g/mol. The highest BCUT2D eigenvalue weighted by Crippen LogP contribution is 2.28. The maximum absolute atomic E-state index is 11.5. The molecule has 1 aromatic carbocycles. The second kappa shape index (κ2) is 6.49. The van der Waals surface area contributed by atoms with E-state index in [9.17, 15) is 4.79 Å². The molecule has 106 valence electrons. The highest BCUT2D eigenvalue weighted by molar-refractivity contribution is 6.33. The zero-order valence-electron chi connectivity index (χ0n) is 11.2. The van der Waals surface area contributed by atoms with Crippen LogP contribution >= 0.6 is 11.6 Å². The molecular formula is C13H15ClN4O2. The minimum absolute atomic E-state index is 0.0238. The lowest BCUT2D eigenvalue weighted by Crippen LogP contribution is -2.18. The van der Waals surface area contributed by atoms with Gasteiger partial charge in [-0.25, -0.2) is 4.98 Å². The molecule has 0 aliphatic rings. The third-order valence-electron chi connectivity index (χ3n) is 2.53. The van der Waals surface area contributed by atoms with Crippen LogP contribution in [0.3, 0.4) is 0 Å². The second-order valence-electron chi connectivity index (χ2n) is 4.12. The lowest BCUT2D eigenvalue weighted by atomic mass is 10.2. The van der Waals surface area contributed by atoms with Crippen LogP contribution in [0.25, 0.3) is 11.4 Å². The number of carbonyl (C=O) groups is 1. The molecule has 1 amide bonds. The first-order valence-electron chi connectivity index (χ1n) is 6.16. The second-order valence-corrected chi connectivity index (χ2v) is 4.53. The topological polar surface area (TPSA) is 79.9 Å². The Morgan fingerprint density at radius 3 is 2.90 bits per heavy atom. The van der Waals surface area contributed by atoms with E-state index in [-0.39, 0.29) is 12.5 Å². The van der Waals surface area contributed by atoms with Crippen LogP contribution in [-0.2, 0) is 9.53 Å². The van der Waals surface area contributed by atoms with Gasteiger partial charge in [0.05, 0.1) is 5.02 Å². The van der Waals surface area contributed by atoms with Gasteiger partial charge in [-0.05, 0) is 32.0 Å². The minimum Gasteiger partial charge on any atom is -0.372 e. The third-order valence-corrected chi connectivity index (χ3v) is 2.84. The number of aromatic nitrogens is 3. The Balaban J connectivity index is 2.12. The van der Waals surface area contributed by atoms with Crippen LogP contribution in [0.15, 0.2) is 18.2 Å². The summed E-state index contributed by atoms with van der Waals surface area (Å²) in [5.41, 5.74) is 1.31. The molecule has 0 spiro atoms. The molecule has 20 heavy (non-hydrogen) atoms. The fraction of sp³-hybridized carbons (Fsp3) is 0.308. The number of rotatable bonds is 5. The van der Waals surface area contributed by atoms with E-state index in [1.807, 2.05) is 13.8 Å². The molecule has 0 radical (unpaired) electrons. The van der Waals surface area contributed by atoms with Gasteiger partial charge in [-0.2, -0.15) is 5.10 Å². The van der Waals surface area contributed by atoms with Gasteiger partial charge in [0.15, 0.2) is 5.82 Å². The first kappa shape index (κ1) is 14.5. The summed E-state index contributed by atoms with van der Waals surface area (Å²) in [6, 6.07) is 5.17. The van der Waals surface area contributed by atoms with Crippen molar-refractivity contribution >= 4 is 23.2 Å². The number of nitrogens with zero attached hydrogens (tertiary/aromatic N) is 2. The number of aryl methyl sites for hydroxylation is 1. The molecule has 0 aliphatic carbocycles. The molecule has 0 saturated heterocycles. The van der Waals surface area contributed by atoms with Gasteiger partial charge in [0, 0.05) is 17.9 Å². The fourth-order valence-electron chi connectivity index (χ4n) is 1.63. The molecule has 7 heteroatoms. The lowest BCUT2D eigenvalue weighted by Gasteiger charge is -2.07. The Morgan fingerprint density at radius 1 is 1.50 bits per heavy atom. The summed E-state index contributed by atoms with van der Waals surface area (Å²) >= 11 is 6.18. The van der Waals surface area contributed by atoms with Crippen molar-refractivity contribution < 1.29 is 9.53 Å². The molecule has 0 atom stereocenters. The lowest BCUT2D eigenvalue weighted by molar-refractivity contribution is -0.120. The van der Waals surface area contributed by atoms with E-state index in [0.717, 1.165) is 0 Å². The van der Waals surface area contributed by atoms with E-state index in [2.05, 4.69) is 20.5 Å². The fourth-order valence-corrected chi connectivity index (χ4v) is 1.89. The van der Waals surface area contributed by atoms with Crippen LogP contribution in [0, 0.1) is 6.92 Å². The maximum atomic E-state index is 11.5. The van der Waals surface area contributed by atoms with Crippen LogP contribution in [0.2, 0.25) is 5.02 Å². The summed E-state index contributed by atoms with van der Waals surface area (Å²) in [7, 11) is 0. The van der Waals surface area contributed by atoms with Gasteiger partial charge in [0.25, 0.3) is 0 Å². The number of aromatic amines is 1. The highest BCUT2D eigenvalue weighted by atomic mass is 35.5. The normalized spacial score (nSPS) is 10.6. The number of anilines is 1. The van der Waals surface area contributed by atoms with Crippen molar-refractivity contribution in [3.05, 3.63) is 29.0 Å². The monoisotopic (exact) mass is 294 g/mol. The average molecular weight is 295 g/mol. The summed E-state index contributed by atoms with van der Waals surface area (Å²) in [5.74, 6) is 1.02. The van der Waals surface area contributed by atoms with E-state index in [1.54, 1.807) is 18.2 Å². The number of benzene rings is 1. The van der Waals surface area contributed by atoms with Gasteiger partial charge < -0.3 is 10.1 Å². The number of carbonyl (C=O) groups excluding carboxylic acids is 1. The highest BCUT2D eigenvalue weighted by Gasteiger charge is 2.10. The molecule has 0 unspecified atom stereocenters. The number of hydrogen-bond donors (Lipinski definition) is 2. The quantitative estimate of drug-likeness (QED) is 0.887. The molecule has 6 nitrogen and oxygen atoms in total. The Hall–Kier alpha value is -1.92. The van der Waals surface area contributed by atoms with Gasteiger partial charge in [-0.3, -0.25) is 9.89 Å². The number of ether oxygens (including phenoxy) is 1. The zero-order chi connectivity index (χ0) is 14.5. The van der Waals surface area contributed by atoms with Gasteiger partial charge in [-0.15, -0.1) is 0 Å². The molecule has 1 aromatic heterocycles. The molecule has 0 bridgehead atoms. The van der Waals surface area contributed by atoms with Crippen molar-refractivity contribution in [1.82, 2.24) is 15.2 Å². The number of amides is 1. The van der Waals surface area contributed by atoms with Crippen LogP contribution in [0.5, 0.6) is 0 Å². The average Bonchev–Trinajstić information content (AvgIpc) is 2.83. The summed E-state index contributed by atoms with van der Waals surface area (Å²) < 4.78 is 5.02. The zero-order valence-corrected chi connectivity index (χ0v) is 12.0. The number of halogens is 1. The molecule has 2 aromatic rings. The largest absolute Gasteiger partial charge is 0.372 e. The Kier molecular flexibility index (Phi) is 4.70. The SMILES string of the molecule is CCOCC(=O)Nc1ccc(-c2n[nH]c(C)n2)c(Cl)c1. The molecule has 0 fully saturated rings. The van der Waals surface area contributed by atoms with Crippen LogP contribution in [0.4, 0.5) is 5.69 Å². The van der Waals surface area contributed by atoms with Crippen molar-refractivity contribution in [3.63, 3.8) is 0 Å². The van der Waals surface area contributed by atoms with Gasteiger partial charge in [0.1, 0.15) is 12.4 Å². The number of hydrogen-bond acceptors (Lipinski definition) is 4. The first-order chi connectivity index (χ1) is 9.60. The van der Waals surface area contributed by atoms with Crippen LogP contribution < -0.4 is 5.32 Å². The summed E-state index contributed by atoms with van der Waals surface area (Å²) in [6.45, 7) is 4.16. The number of nitrogens with one attached hydrogen (secondary N) is 2. The predicted molar refractivity (Wildman–Crippen MR) is 76.7 cm³/mol. The molecule has 0 aliphatic heterocycles. The van der Waals surface area contributed by atoms with E-state index >= 15 is 0 Å². The van der Waals surface area contributed by atoms with E-state index in [1.165, 1.54) is 0 Å². The minimum atomic E-state index is -0.218. The predicted octanol–water partition coefficient (Wildman–Crippen LogP) is 2.41. The smallest absolute Gasteiger partial charge is 0.250 e. The van der Waals surface area contributed by atoms with Gasteiger partial charge in [-0.1, -0.05) is 11.6 Å². The Morgan fingerprint density at radius 2 is 2.30 bits per heavy atom. The van der Waals surface area contributed by atoms with Crippen molar-refractivity contribution in [2.45, 2.75) is 13.8 Å². The summed E-state index contributed by atoms with van der Waals surface area (Å²) in [4.78, 5) is 15.7.